The van der Waals surface area contributed by atoms with Crippen LogP contribution < -0.4 is 0 Å². The van der Waals surface area contributed by atoms with E-state index in [1.54, 1.807) is 0 Å². The molecule has 3 aromatic rings. The van der Waals surface area contributed by atoms with Gasteiger partial charge in [-0.1, -0.05) is 68.7 Å². The van der Waals surface area contributed by atoms with Crippen LogP contribution in [0.25, 0.3) is 23.1 Å². The number of benzene rings is 2. The monoisotopic (exact) mass is 319 g/mol. The van der Waals surface area contributed by atoms with Gasteiger partial charge in [0.25, 0.3) is 0 Å². The summed E-state index contributed by atoms with van der Waals surface area (Å²) in [6.07, 6.45) is 8.08. The van der Waals surface area contributed by atoms with E-state index in [-0.39, 0.29) is 6.10 Å². The zero-order valence-corrected chi connectivity index (χ0v) is 14.2. The van der Waals surface area contributed by atoms with Gasteiger partial charge in [-0.2, -0.15) is 0 Å². The van der Waals surface area contributed by atoms with Gasteiger partial charge in [-0.15, -0.1) is 0 Å². The zero-order chi connectivity index (χ0) is 16.8. The Labute approximate surface area is 143 Å². The molecule has 2 heteroatoms. The summed E-state index contributed by atoms with van der Waals surface area (Å²) < 4.78 is 0. The third-order valence-electron chi connectivity index (χ3n) is 4.38. The largest absolute Gasteiger partial charge is 0.388 e. The molecule has 2 nitrogen and oxygen atoms in total. The van der Waals surface area contributed by atoms with E-state index in [2.05, 4.69) is 54.4 Å². The Morgan fingerprint density at radius 2 is 1.88 bits per heavy atom. The normalized spacial score (nSPS) is 12.9. The quantitative estimate of drug-likeness (QED) is 0.518. The molecule has 0 aliphatic heterocycles. The van der Waals surface area contributed by atoms with Crippen LogP contribution in [0.4, 0.5) is 0 Å². The fourth-order valence-electron chi connectivity index (χ4n) is 3.00. The van der Waals surface area contributed by atoms with Crippen molar-refractivity contribution < 1.29 is 5.11 Å². The van der Waals surface area contributed by atoms with E-state index < -0.39 is 0 Å². The van der Waals surface area contributed by atoms with Crippen molar-refractivity contribution in [2.24, 2.45) is 0 Å². The Balaban J connectivity index is 1.71. The molecule has 1 heterocycles. The first kappa shape index (κ1) is 16.5. The number of aromatic nitrogens is 1. The molecule has 0 aliphatic carbocycles. The first-order chi connectivity index (χ1) is 11.8. The molecule has 1 unspecified atom stereocenters. The van der Waals surface area contributed by atoms with Crippen molar-refractivity contribution in [2.45, 2.75) is 38.7 Å². The van der Waals surface area contributed by atoms with Gasteiger partial charge in [-0.3, -0.25) is 0 Å². The van der Waals surface area contributed by atoms with Crippen molar-refractivity contribution in [2.75, 3.05) is 0 Å². The van der Waals surface area contributed by atoms with Gasteiger partial charge in [0, 0.05) is 11.2 Å². The maximum Gasteiger partial charge on any atom is 0.0790 e. The predicted octanol–water partition coefficient (Wildman–Crippen LogP) is 5.95. The molecule has 2 N–H and O–H groups in total. The van der Waals surface area contributed by atoms with Gasteiger partial charge >= 0.3 is 0 Å². The summed E-state index contributed by atoms with van der Waals surface area (Å²) in [5.74, 6) is 0. The number of fused-ring (bicyclic) bond motifs is 1. The van der Waals surface area contributed by atoms with Crippen LogP contribution in [0.5, 0.6) is 0 Å². The van der Waals surface area contributed by atoms with Gasteiger partial charge in [0.05, 0.1) is 6.10 Å². The Morgan fingerprint density at radius 3 is 2.71 bits per heavy atom. The molecule has 2 aromatic carbocycles. The number of aliphatic hydroxyl groups is 1. The minimum Gasteiger partial charge on any atom is -0.388 e. The average molecular weight is 319 g/mol. The van der Waals surface area contributed by atoms with Crippen LogP contribution >= 0.6 is 0 Å². The summed E-state index contributed by atoms with van der Waals surface area (Å²) in [5, 5.41) is 11.5. The van der Waals surface area contributed by atoms with Crippen LogP contribution in [0.3, 0.4) is 0 Å². The van der Waals surface area contributed by atoms with Crippen LogP contribution in [0.15, 0.2) is 54.6 Å². The highest BCUT2D eigenvalue weighted by molar-refractivity contribution is 5.84. The lowest BCUT2D eigenvalue weighted by molar-refractivity contribution is 0.163. The highest BCUT2D eigenvalue weighted by atomic mass is 16.3. The number of para-hydroxylation sites is 1. The molecular weight excluding hydrogens is 294 g/mol. The van der Waals surface area contributed by atoms with Gasteiger partial charge in [0.2, 0.25) is 0 Å². The van der Waals surface area contributed by atoms with E-state index in [0.717, 1.165) is 35.2 Å². The summed E-state index contributed by atoms with van der Waals surface area (Å²) in [6, 6.07) is 18.6. The van der Waals surface area contributed by atoms with E-state index in [1.165, 1.54) is 18.2 Å². The van der Waals surface area contributed by atoms with Crippen molar-refractivity contribution in [1.29, 1.82) is 0 Å². The molecule has 0 spiro atoms. The molecule has 0 bridgehead atoms. The van der Waals surface area contributed by atoms with Crippen molar-refractivity contribution in [3.8, 4) is 0 Å². The molecule has 0 amide bonds. The topological polar surface area (TPSA) is 36.0 Å². The number of hydrogen-bond acceptors (Lipinski definition) is 1. The fraction of sp³-hybridized carbons (Fsp3) is 0.273. The van der Waals surface area contributed by atoms with Crippen LogP contribution in [-0.2, 0) is 0 Å². The first-order valence-electron chi connectivity index (χ1n) is 8.80. The molecule has 1 atom stereocenters. The van der Waals surface area contributed by atoms with E-state index >= 15 is 0 Å². The maximum atomic E-state index is 10.3. The van der Waals surface area contributed by atoms with Crippen LogP contribution in [0.2, 0.25) is 0 Å². The Bertz CT molecular complexity index is 782. The average Bonchev–Trinajstić information content (AvgIpc) is 3.03. The lowest BCUT2D eigenvalue weighted by atomic mass is 10.0. The van der Waals surface area contributed by atoms with Crippen LogP contribution in [-0.4, -0.2) is 10.1 Å². The molecule has 124 valence electrons. The Kier molecular flexibility index (Phi) is 5.50. The molecule has 0 radical (unpaired) electrons. The fourth-order valence-corrected chi connectivity index (χ4v) is 3.00. The number of hydrogen-bond donors (Lipinski definition) is 2. The number of aromatic amines is 1. The molecule has 1 aromatic heterocycles. The van der Waals surface area contributed by atoms with E-state index in [0.29, 0.717) is 0 Å². The van der Waals surface area contributed by atoms with Crippen molar-refractivity contribution in [1.82, 2.24) is 4.98 Å². The second-order valence-corrected chi connectivity index (χ2v) is 6.33. The minimum atomic E-state index is -0.363. The van der Waals surface area contributed by atoms with Gasteiger partial charge < -0.3 is 10.1 Å². The highest BCUT2D eigenvalue weighted by Gasteiger charge is 2.07. The summed E-state index contributed by atoms with van der Waals surface area (Å²) >= 11 is 0. The van der Waals surface area contributed by atoms with E-state index in [1.807, 2.05) is 24.3 Å². The number of nitrogens with one attached hydrogen (secondary N) is 1. The number of aliphatic hydroxyl groups excluding tert-OH is 1. The Morgan fingerprint density at radius 1 is 1.00 bits per heavy atom. The highest BCUT2D eigenvalue weighted by Crippen LogP contribution is 2.22. The third kappa shape index (κ3) is 4.15. The van der Waals surface area contributed by atoms with Gasteiger partial charge in [0.1, 0.15) is 0 Å². The van der Waals surface area contributed by atoms with Crippen molar-refractivity contribution in [3.63, 3.8) is 0 Å². The lowest BCUT2D eigenvalue weighted by Crippen LogP contribution is -1.97. The molecule has 3 rings (SSSR count). The lowest BCUT2D eigenvalue weighted by Gasteiger charge is -2.11. The second-order valence-electron chi connectivity index (χ2n) is 6.33. The zero-order valence-electron chi connectivity index (χ0n) is 14.2. The number of H-pyrrole nitrogens is 1. The summed E-state index contributed by atoms with van der Waals surface area (Å²) in [7, 11) is 0. The van der Waals surface area contributed by atoms with E-state index in [9.17, 15) is 5.11 Å². The second kappa shape index (κ2) is 7.98. The molecule has 0 saturated heterocycles. The minimum absolute atomic E-state index is 0.363. The molecule has 0 saturated carbocycles. The third-order valence-corrected chi connectivity index (χ3v) is 4.38. The van der Waals surface area contributed by atoms with Crippen molar-refractivity contribution in [3.05, 3.63) is 71.4 Å². The Hall–Kier alpha value is -2.32. The molecule has 0 aliphatic rings. The summed E-state index contributed by atoms with van der Waals surface area (Å²) in [5.41, 5.74) is 4.35. The molecule has 24 heavy (non-hydrogen) atoms. The van der Waals surface area contributed by atoms with E-state index in [4.69, 9.17) is 0 Å². The number of unbranched alkanes of at least 4 members (excludes halogenated alkanes) is 2. The predicted molar refractivity (Wildman–Crippen MR) is 103 cm³/mol. The number of rotatable bonds is 7. The summed E-state index contributed by atoms with van der Waals surface area (Å²) in [6.45, 7) is 2.18. The maximum absolute atomic E-state index is 10.3. The molecular formula is C22H25NO. The van der Waals surface area contributed by atoms with Gasteiger partial charge in [-0.25, -0.2) is 0 Å². The summed E-state index contributed by atoms with van der Waals surface area (Å²) in [4.78, 5) is 3.40. The SMILES string of the molecule is CCCCCC(O)c1cccc(C=Cc2cc3ccccc3[nH]2)c1. The standard InChI is InChI=1S/C22H25NO/c1-2-3-4-12-22(24)19-10-7-8-17(15-19)13-14-20-16-18-9-5-6-11-21(18)23-20/h5-11,13-16,22-24H,2-4,12H2,1H3. The molecule has 0 fully saturated rings. The smallest absolute Gasteiger partial charge is 0.0790 e. The van der Waals surface area contributed by atoms with Gasteiger partial charge in [0.15, 0.2) is 0 Å². The first-order valence-corrected chi connectivity index (χ1v) is 8.80. The van der Waals surface area contributed by atoms with Gasteiger partial charge in [-0.05, 0) is 47.2 Å². The van der Waals surface area contributed by atoms with Crippen LogP contribution in [0, 0.1) is 0 Å². The van der Waals surface area contributed by atoms with Crippen molar-refractivity contribution >= 4 is 23.1 Å². The van der Waals surface area contributed by atoms with Crippen LogP contribution in [0.1, 0.15) is 55.5 Å².